The topological polar surface area (TPSA) is 138 Å². The van der Waals surface area contributed by atoms with Gasteiger partial charge >= 0.3 is 0 Å². The summed E-state index contributed by atoms with van der Waals surface area (Å²) in [6.07, 6.45) is 0. The van der Waals surface area contributed by atoms with E-state index >= 15 is 0 Å². The summed E-state index contributed by atoms with van der Waals surface area (Å²) in [4.78, 5) is 24.1. The van der Waals surface area contributed by atoms with E-state index < -0.39 is 0 Å². The second kappa shape index (κ2) is 9.95. The third-order valence-corrected chi connectivity index (χ3v) is 4.77. The van der Waals surface area contributed by atoms with Crippen LogP contribution in [0.1, 0.15) is 31.8 Å². The summed E-state index contributed by atoms with van der Waals surface area (Å²) < 4.78 is 0. The summed E-state index contributed by atoms with van der Waals surface area (Å²) >= 11 is 0. The standard InChI is InChI=1S/2C13H12N2O/c14-11-5-1-9(2-6-11)13(16)10-3-7-12(15)8-4-10;14-11-8-4-7-10(12(11)15)13(16)9-5-2-1-3-6-9/h2*1-8H,14-15H2. The van der Waals surface area contributed by atoms with E-state index in [1.807, 2.05) is 18.2 Å². The number of nitrogens with two attached hydrogens (primary N) is 4. The fraction of sp³-hybridized carbons (Fsp3) is 0. The number of anilines is 4. The number of carbonyl (C=O) groups excluding carboxylic acids is 2. The lowest BCUT2D eigenvalue weighted by Crippen LogP contribution is -2.07. The van der Waals surface area contributed by atoms with Crippen LogP contribution < -0.4 is 22.9 Å². The van der Waals surface area contributed by atoms with Crippen molar-refractivity contribution in [1.29, 1.82) is 0 Å². The molecule has 160 valence electrons. The molecule has 0 fully saturated rings. The molecule has 0 aliphatic carbocycles. The third-order valence-electron chi connectivity index (χ3n) is 4.77. The van der Waals surface area contributed by atoms with Crippen molar-refractivity contribution < 1.29 is 9.59 Å². The average Bonchev–Trinajstić information content (AvgIpc) is 2.82. The predicted octanol–water partition coefficient (Wildman–Crippen LogP) is 4.16. The normalized spacial score (nSPS) is 10.0. The van der Waals surface area contributed by atoms with Gasteiger partial charge in [-0.2, -0.15) is 0 Å². The monoisotopic (exact) mass is 424 g/mol. The molecule has 0 aliphatic rings. The summed E-state index contributed by atoms with van der Waals surface area (Å²) in [5.41, 5.74) is 26.9. The molecule has 0 radical (unpaired) electrons. The van der Waals surface area contributed by atoms with E-state index in [0.29, 0.717) is 45.0 Å². The Bertz CT molecular complexity index is 1170. The number of hydrogen-bond acceptors (Lipinski definition) is 6. The van der Waals surface area contributed by atoms with Gasteiger partial charge in [-0.3, -0.25) is 9.59 Å². The highest BCUT2D eigenvalue weighted by atomic mass is 16.1. The Balaban J connectivity index is 0.000000181. The molecule has 0 atom stereocenters. The van der Waals surface area contributed by atoms with Crippen LogP contribution in [0.3, 0.4) is 0 Å². The zero-order valence-electron chi connectivity index (χ0n) is 17.4. The van der Waals surface area contributed by atoms with Crippen LogP contribution in [0.4, 0.5) is 22.7 Å². The molecule has 0 saturated carbocycles. The molecule has 0 spiro atoms. The van der Waals surface area contributed by atoms with E-state index in [2.05, 4.69) is 0 Å². The Hall–Kier alpha value is -4.58. The molecule has 6 heteroatoms. The van der Waals surface area contributed by atoms with Crippen LogP contribution in [0.2, 0.25) is 0 Å². The fourth-order valence-corrected chi connectivity index (χ4v) is 2.96. The molecule has 0 bridgehead atoms. The average molecular weight is 425 g/mol. The van der Waals surface area contributed by atoms with Gasteiger partial charge in [0, 0.05) is 33.6 Å². The van der Waals surface area contributed by atoms with E-state index in [4.69, 9.17) is 22.9 Å². The molecule has 32 heavy (non-hydrogen) atoms. The Morgan fingerprint density at radius 1 is 0.469 bits per heavy atom. The first kappa shape index (κ1) is 22.1. The first-order chi connectivity index (χ1) is 15.4. The highest BCUT2D eigenvalue weighted by Gasteiger charge is 2.12. The number of para-hydroxylation sites is 1. The molecule has 0 amide bonds. The van der Waals surface area contributed by atoms with Crippen molar-refractivity contribution in [1.82, 2.24) is 0 Å². The molecule has 4 rings (SSSR count). The van der Waals surface area contributed by atoms with Gasteiger partial charge < -0.3 is 22.9 Å². The van der Waals surface area contributed by atoms with Crippen molar-refractivity contribution in [3.8, 4) is 0 Å². The van der Waals surface area contributed by atoms with Crippen molar-refractivity contribution in [2.24, 2.45) is 0 Å². The Morgan fingerprint density at radius 3 is 1.44 bits per heavy atom. The van der Waals surface area contributed by atoms with Crippen LogP contribution in [-0.2, 0) is 0 Å². The van der Waals surface area contributed by atoms with Gasteiger partial charge in [0.25, 0.3) is 0 Å². The number of hydrogen-bond donors (Lipinski definition) is 4. The van der Waals surface area contributed by atoms with Gasteiger partial charge in [0.05, 0.1) is 11.4 Å². The van der Waals surface area contributed by atoms with Gasteiger partial charge in [-0.1, -0.05) is 36.4 Å². The predicted molar refractivity (Wildman–Crippen MR) is 130 cm³/mol. The van der Waals surface area contributed by atoms with Gasteiger partial charge in [-0.05, 0) is 60.7 Å². The van der Waals surface area contributed by atoms with Gasteiger partial charge in [-0.25, -0.2) is 0 Å². The highest BCUT2D eigenvalue weighted by molar-refractivity contribution is 6.13. The molecule has 8 N–H and O–H groups in total. The van der Waals surface area contributed by atoms with Gasteiger partial charge in [0.1, 0.15) is 0 Å². The minimum atomic E-state index is -0.106. The molecule has 0 saturated heterocycles. The maximum Gasteiger partial charge on any atom is 0.195 e. The lowest BCUT2D eigenvalue weighted by Gasteiger charge is -2.06. The zero-order chi connectivity index (χ0) is 23.1. The molecule has 4 aromatic carbocycles. The maximum absolute atomic E-state index is 12.1. The third kappa shape index (κ3) is 5.31. The molecule has 4 aromatic rings. The molecular weight excluding hydrogens is 400 g/mol. The van der Waals surface area contributed by atoms with Crippen molar-refractivity contribution in [3.63, 3.8) is 0 Å². The zero-order valence-corrected chi connectivity index (χ0v) is 17.4. The molecule has 0 aromatic heterocycles. The SMILES string of the molecule is Nc1ccc(C(=O)c2ccc(N)cc2)cc1.Nc1cccc(C(=O)c2ccccc2)c1N. The van der Waals surface area contributed by atoms with E-state index in [0.717, 1.165) is 0 Å². The van der Waals surface area contributed by atoms with Crippen LogP contribution in [0.5, 0.6) is 0 Å². The molecule has 6 nitrogen and oxygen atoms in total. The summed E-state index contributed by atoms with van der Waals surface area (Å²) in [5, 5.41) is 0. The quantitative estimate of drug-likeness (QED) is 0.287. The number of carbonyl (C=O) groups is 2. The van der Waals surface area contributed by atoms with Gasteiger partial charge in [0.15, 0.2) is 11.6 Å². The second-order valence-corrected chi connectivity index (χ2v) is 7.08. The van der Waals surface area contributed by atoms with Gasteiger partial charge in [-0.15, -0.1) is 0 Å². The van der Waals surface area contributed by atoms with Crippen LogP contribution in [0.15, 0.2) is 97.1 Å². The fourth-order valence-electron chi connectivity index (χ4n) is 2.96. The molecule has 0 heterocycles. The first-order valence-corrected chi connectivity index (χ1v) is 9.86. The Labute approximate surface area is 186 Å². The van der Waals surface area contributed by atoms with E-state index in [9.17, 15) is 9.59 Å². The van der Waals surface area contributed by atoms with E-state index in [1.54, 1.807) is 78.9 Å². The number of benzene rings is 4. The van der Waals surface area contributed by atoms with Crippen molar-refractivity contribution >= 4 is 34.3 Å². The highest BCUT2D eigenvalue weighted by Crippen LogP contribution is 2.22. The molecule has 0 aliphatic heterocycles. The number of nitrogen functional groups attached to an aromatic ring is 4. The smallest absolute Gasteiger partial charge is 0.195 e. The lowest BCUT2D eigenvalue weighted by molar-refractivity contribution is 0.103. The van der Waals surface area contributed by atoms with Crippen LogP contribution in [0, 0.1) is 0 Å². The largest absolute Gasteiger partial charge is 0.399 e. The Morgan fingerprint density at radius 2 is 0.938 bits per heavy atom. The van der Waals surface area contributed by atoms with Crippen molar-refractivity contribution in [2.75, 3.05) is 22.9 Å². The molecular formula is C26H24N4O2. The van der Waals surface area contributed by atoms with Gasteiger partial charge in [0.2, 0.25) is 0 Å². The number of rotatable bonds is 4. The summed E-state index contributed by atoms with van der Waals surface area (Å²) in [7, 11) is 0. The minimum absolute atomic E-state index is 0.0278. The van der Waals surface area contributed by atoms with Crippen LogP contribution >= 0.6 is 0 Å². The lowest BCUT2D eigenvalue weighted by atomic mass is 10.0. The van der Waals surface area contributed by atoms with Crippen molar-refractivity contribution in [2.45, 2.75) is 0 Å². The Kier molecular flexibility index (Phi) is 6.88. The van der Waals surface area contributed by atoms with E-state index in [-0.39, 0.29) is 11.6 Å². The second-order valence-electron chi connectivity index (χ2n) is 7.08. The van der Waals surface area contributed by atoms with Crippen LogP contribution in [0.25, 0.3) is 0 Å². The minimum Gasteiger partial charge on any atom is -0.399 e. The summed E-state index contributed by atoms with van der Waals surface area (Å²) in [5.74, 6) is -0.134. The summed E-state index contributed by atoms with van der Waals surface area (Å²) in [6, 6.07) is 27.8. The van der Waals surface area contributed by atoms with Crippen LogP contribution in [-0.4, -0.2) is 11.6 Å². The maximum atomic E-state index is 12.1. The van der Waals surface area contributed by atoms with E-state index in [1.165, 1.54) is 0 Å². The summed E-state index contributed by atoms with van der Waals surface area (Å²) in [6.45, 7) is 0. The number of ketones is 2. The van der Waals surface area contributed by atoms with Crippen molar-refractivity contribution in [3.05, 3.63) is 119 Å². The first-order valence-electron chi connectivity index (χ1n) is 9.86. The molecule has 0 unspecified atom stereocenters.